The summed E-state index contributed by atoms with van der Waals surface area (Å²) in [7, 11) is 0. The van der Waals surface area contributed by atoms with E-state index in [9.17, 15) is 4.79 Å². The summed E-state index contributed by atoms with van der Waals surface area (Å²) in [5.74, 6) is 2.20. The van der Waals surface area contributed by atoms with Crippen molar-refractivity contribution in [3.05, 3.63) is 47.9 Å². The SMILES string of the molecule is Cc1ccc(/C=C/C(=O)Nc2ccc3c(c2)OC2(CCCC2)O3)o1. The number of amides is 1. The zero-order valence-electron chi connectivity index (χ0n) is 13.5. The van der Waals surface area contributed by atoms with Crippen LogP contribution in [0.3, 0.4) is 0 Å². The second-order valence-corrected chi connectivity index (χ2v) is 6.25. The standard InChI is InChI=1S/C19H19NO4/c1-13-4-6-15(22-13)7-9-18(21)20-14-5-8-16-17(12-14)24-19(23-16)10-2-3-11-19/h4-9,12H,2-3,10-11H2,1H3,(H,20,21)/b9-7+. The molecule has 1 fully saturated rings. The molecule has 5 nitrogen and oxygen atoms in total. The molecule has 0 unspecified atom stereocenters. The van der Waals surface area contributed by atoms with Crippen LogP contribution in [-0.2, 0) is 4.79 Å². The van der Waals surface area contributed by atoms with Crippen LogP contribution in [0.25, 0.3) is 6.08 Å². The third-order valence-corrected chi connectivity index (χ3v) is 4.33. The number of hydrogen-bond acceptors (Lipinski definition) is 4. The van der Waals surface area contributed by atoms with Gasteiger partial charge in [0.25, 0.3) is 5.79 Å². The van der Waals surface area contributed by atoms with E-state index in [0.717, 1.165) is 37.2 Å². The predicted octanol–water partition coefficient (Wildman–Crippen LogP) is 4.28. The van der Waals surface area contributed by atoms with E-state index >= 15 is 0 Å². The smallest absolute Gasteiger partial charge is 0.251 e. The molecular formula is C19H19NO4. The van der Waals surface area contributed by atoms with Gasteiger partial charge in [-0.25, -0.2) is 0 Å². The third-order valence-electron chi connectivity index (χ3n) is 4.33. The highest BCUT2D eigenvalue weighted by molar-refractivity contribution is 6.01. The van der Waals surface area contributed by atoms with Crippen LogP contribution in [0.15, 0.2) is 40.8 Å². The highest BCUT2D eigenvalue weighted by Gasteiger charge is 2.44. The molecule has 2 aromatic rings. The van der Waals surface area contributed by atoms with E-state index in [1.165, 1.54) is 6.08 Å². The van der Waals surface area contributed by atoms with Gasteiger partial charge in [0.2, 0.25) is 5.91 Å². The maximum atomic E-state index is 12.0. The minimum absolute atomic E-state index is 0.224. The Morgan fingerprint density at radius 3 is 2.67 bits per heavy atom. The van der Waals surface area contributed by atoms with Crippen LogP contribution < -0.4 is 14.8 Å². The second-order valence-electron chi connectivity index (χ2n) is 6.25. The van der Waals surface area contributed by atoms with E-state index in [-0.39, 0.29) is 5.91 Å². The average molecular weight is 325 g/mol. The van der Waals surface area contributed by atoms with Crippen molar-refractivity contribution in [1.82, 2.24) is 0 Å². The Labute approximate surface area is 140 Å². The summed E-state index contributed by atoms with van der Waals surface area (Å²) < 4.78 is 17.4. The van der Waals surface area contributed by atoms with E-state index in [1.54, 1.807) is 6.08 Å². The van der Waals surface area contributed by atoms with Gasteiger partial charge in [-0.15, -0.1) is 0 Å². The van der Waals surface area contributed by atoms with Gasteiger partial charge in [-0.1, -0.05) is 0 Å². The molecule has 2 heterocycles. The number of hydrogen-bond donors (Lipinski definition) is 1. The van der Waals surface area contributed by atoms with Gasteiger partial charge in [-0.05, 0) is 50.1 Å². The molecule has 1 aromatic heterocycles. The molecule has 1 spiro atoms. The minimum atomic E-state index is -0.484. The lowest BCUT2D eigenvalue weighted by molar-refractivity contribution is -0.111. The fraction of sp³-hybridized carbons (Fsp3) is 0.316. The number of fused-ring (bicyclic) bond motifs is 1. The van der Waals surface area contributed by atoms with Gasteiger partial charge in [0, 0.05) is 30.7 Å². The minimum Gasteiger partial charge on any atom is -0.462 e. The van der Waals surface area contributed by atoms with E-state index in [2.05, 4.69) is 5.32 Å². The topological polar surface area (TPSA) is 60.7 Å². The molecule has 1 amide bonds. The largest absolute Gasteiger partial charge is 0.462 e. The van der Waals surface area contributed by atoms with Crippen LogP contribution in [0.1, 0.15) is 37.2 Å². The van der Waals surface area contributed by atoms with Crippen molar-refractivity contribution < 1.29 is 18.7 Å². The van der Waals surface area contributed by atoms with E-state index in [4.69, 9.17) is 13.9 Å². The number of carbonyl (C=O) groups is 1. The fourth-order valence-electron chi connectivity index (χ4n) is 3.17. The van der Waals surface area contributed by atoms with Crippen molar-refractivity contribution in [1.29, 1.82) is 0 Å². The quantitative estimate of drug-likeness (QED) is 0.856. The molecule has 1 N–H and O–H groups in total. The normalized spacial score (nSPS) is 17.7. The van der Waals surface area contributed by atoms with Gasteiger partial charge in [-0.3, -0.25) is 4.79 Å². The van der Waals surface area contributed by atoms with Crippen molar-refractivity contribution in [2.45, 2.75) is 38.4 Å². The molecule has 1 saturated carbocycles. The van der Waals surface area contributed by atoms with Gasteiger partial charge in [0.1, 0.15) is 11.5 Å². The summed E-state index contributed by atoms with van der Waals surface area (Å²) in [6.07, 6.45) is 7.15. The Hall–Kier alpha value is -2.69. The molecule has 0 radical (unpaired) electrons. The maximum Gasteiger partial charge on any atom is 0.251 e. The number of ether oxygens (including phenoxy) is 2. The lowest BCUT2D eigenvalue weighted by atomic mass is 10.2. The Morgan fingerprint density at radius 1 is 1.12 bits per heavy atom. The molecule has 1 aliphatic heterocycles. The number of carbonyl (C=O) groups excluding carboxylic acids is 1. The number of nitrogens with one attached hydrogen (secondary N) is 1. The van der Waals surface area contributed by atoms with Gasteiger partial charge < -0.3 is 19.2 Å². The number of rotatable bonds is 3. The lowest BCUT2D eigenvalue weighted by Gasteiger charge is -2.21. The summed E-state index contributed by atoms with van der Waals surface area (Å²) >= 11 is 0. The number of aryl methyl sites for hydroxylation is 1. The maximum absolute atomic E-state index is 12.0. The van der Waals surface area contributed by atoms with Crippen LogP contribution in [0, 0.1) is 6.92 Å². The van der Waals surface area contributed by atoms with E-state index < -0.39 is 5.79 Å². The highest BCUT2D eigenvalue weighted by Crippen LogP contribution is 2.47. The second kappa shape index (κ2) is 5.74. The summed E-state index contributed by atoms with van der Waals surface area (Å²) in [5.41, 5.74) is 0.678. The third kappa shape index (κ3) is 2.89. The zero-order chi connectivity index (χ0) is 16.6. The molecule has 124 valence electrons. The Balaban J connectivity index is 1.43. The Morgan fingerprint density at radius 2 is 1.92 bits per heavy atom. The van der Waals surface area contributed by atoms with Crippen molar-refractivity contribution in [3.8, 4) is 11.5 Å². The molecule has 5 heteroatoms. The Bertz CT molecular complexity index is 799. The first-order valence-electron chi connectivity index (χ1n) is 8.20. The van der Waals surface area contributed by atoms with Gasteiger partial charge in [0.05, 0.1) is 0 Å². The van der Waals surface area contributed by atoms with Gasteiger partial charge >= 0.3 is 0 Å². The number of anilines is 1. The molecule has 0 atom stereocenters. The first-order chi connectivity index (χ1) is 11.6. The lowest BCUT2D eigenvalue weighted by Crippen LogP contribution is -2.34. The molecule has 1 aliphatic carbocycles. The summed E-state index contributed by atoms with van der Waals surface area (Å²) in [5, 5.41) is 2.82. The first kappa shape index (κ1) is 14.9. The van der Waals surface area contributed by atoms with Crippen LogP contribution >= 0.6 is 0 Å². The molecule has 1 aromatic carbocycles. The molecular weight excluding hydrogens is 306 g/mol. The zero-order valence-corrected chi connectivity index (χ0v) is 13.5. The predicted molar refractivity (Wildman–Crippen MR) is 90.0 cm³/mol. The van der Waals surface area contributed by atoms with Gasteiger partial charge in [0.15, 0.2) is 11.5 Å². The Kier molecular flexibility index (Phi) is 3.56. The van der Waals surface area contributed by atoms with Crippen molar-refractivity contribution in [3.63, 3.8) is 0 Å². The monoisotopic (exact) mass is 325 g/mol. The summed E-state index contributed by atoms with van der Waals surface area (Å²) in [6, 6.07) is 9.15. The van der Waals surface area contributed by atoms with Crippen molar-refractivity contribution in [2.24, 2.45) is 0 Å². The first-order valence-corrected chi connectivity index (χ1v) is 8.20. The number of benzene rings is 1. The van der Waals surface area contributed by atoms with Crippen LogP contribution in [-0.4, -0.2) is 11.7 Å². The van der Waals surface area contributed by atoms with Gasteiger partial charge in [-0.2, -0.15) is 0 Å². The van der Waals surface area contributed by atoms with E-state index in [1.807, 2.05) is 37.3 Å². The molecule has 24 heavy (non-hydrogen) atoms. The fourth-order valence-corrected chi connectivity index (χ4v) is 3.17. The molecule has 0 saturated heterocycles. The summed E-state index contributed by atoms with van der Waals surface area (Å²) in [4.78, 5) is 12.0. The molecule has 2 aliphatic rings. The molecule has 4 rings (SSSR count). The molecule has 0 bridgehead atoms. The van der Waals surface area contributed by atoms with E-state index in [0.29, 0.717) is 17.2 Å². The van der Waals surface area contributed by atoms with Crippen molar-refractivity contribution >= 4 is 17.7 Å². The van der Waals surface area contributed by atoms with Crippen molar-refractivity contribution in [2.75, 3.05) is 5.32 Å². The summed E-state index contributed by atoms with van der Waals surface area (Å²) in [6.45, 7) is 1.86. The van der Waals surface area contributed by atoms with Crippen LogP contribution in [0.5, 0.6) is 11.5 Å². The average Bonchev–Trinajstić information content (AvgIpc) is 3.26. The van der Waals surface area contributed by atoms with Crippen LogP contribution in [0.4, 0.5) is 5.69 Å². The number of furan rings is 1. The highest BCUT2D eigenvalue weighted by atomic mass is 16.7. The van der Waals surface area contributed by atoms with Crippen LogP contribution in [0.2, 0.25) is 0 Å².